The number of anilines is 1. The Balaban J connectivity index is 2.30. The van der Waals surface area contributed by atoms with Crippen molar-refractivity contribution in [3.8, 4) is 0 Å². The molecule has 2 rings (SSSR count). The number of nitrogens with zero attached hydrogens (tertiary/aromatic N) is 4. The van der Waals surface area contributed by atoms with Crippen molar-refractivity contribution < 1.29 is 4.92 Å². The first-order chi connectivity index (χ1) is 9.97. The minimum absolute atomic E-state index is 0.0547. The highest BCUT2D eigenvalue weighted by molar-refractivity contribution is 7.11. The molecule has 0 amide bonds. The molecule has 2 aromatic heterocycles. The van der Waals surface area contributed by atoms with Crippen molar-refractivity contribution in [2.45, 2.75) is 39.7 Å². The zero-order chi connectivity index (χ0) is 15.6. The highest BCUT2D eigenvalue weighted by Gasteiger charge is 2.27. The Morgan fingerprint density at radius 2 is 2.19 bits per heavy atom. The molecule has 0 bridgehead atoms. The van der Waals surface area contributed by atoms with Gasteiger partial charge in [-0.1, -0.05) is 13.8 Å². The molecule has 2 heterocycles. The van der Waals surface area contributed by atoms with E-state index >= 15 is 0 Å². The molecule has 0 spiro atoms. The molecule has 7 nitrogen and oxygen atoms in total. The third kappa shape index (κ3) is 3.05. The van der Waals surface area contributed by atoms with Gasteiger partial charge in [0, 0.05) is 18.1 Å². The number of aromatic nitrogens is 3. The first-order valence-corrected chi connectivity index (χ1v) is 7.70. The maximum atomic E-state index is 11.3. The van der Waals surface area contributed by atoms with Gasteiger partial charge in [0.15, 0.2) is 0 Å². The number of thiazole rings is 1. The summed E-state index contributed by atoms with van der Waals surface area (Å²) in [7, 11) is 1.71. The van der Waals surface area contributed by atoms with Crippen LogP contribution in [0.3, 0.4) is 0 Å². The molecule has 1 unspecified atom stereocenters. The lowest BCUT2D eigenvalue weighted by atomic mass is 10.2. The molecular weight excluding hydrogens is 290 g/mol. The van der Waals surface area contributed by atoms with Crippen LogP contribution in [-0.4, -0.2) is 19.7 Å². The standard InChI is InChI=1S/C13H19N5O2S/c1-5-9-7-14-13(21-9)8(3)15-12-11(18(19)20)10(6-2)16-17(12)4/h7-8,15H,5-6H2,1-4H3. The predicted octanol–water partition coefficient (Wildman–Crippen LogP) is 3.08. The van der Waals surface area contributed by atoms with Gasteiger partial charge in [-0.2, -0.15) is 5.10 Å². The highest BCUT2D eigenvalue weighted by atomic mass is 32.1. The van der Waals surface area contributed by atoms with Crippen molar-refractivity contribution in [2.75, 3.05) is 5.32 Å². The van der Waals surface area contributed by atoms with Crippen LogP contribution in [0.25, 0.3) is 0 Å². The van der Waals surface area contributed by atoms with Crippen molar-refractivity contribution in [2.24, 2.45) is 7.05 Å². The zero-order valence-electron chi connectivity index (χ0n) is 12.6. The van der Waals surface area contributed by atoms with E-state index in [1.54, 1.807) is 18.4 Å². The average Bonchev–Trinajstić information content (AvgIpc) is 3.04. The number of hydrogen-bond acceptors (Lipinski definition) is 6. The quantitative estimate of drug-likeness (QED) is 0.654. The maximum Gasteiger partial charge on any atom is 0.333 e. The van der Waals surface area contributed by atoms with Gasteiger partial charge in [-0.15, -0.1) is 11.3 Å². The highest BCUT2D eigenvalue weighted by Crippen LogP contribution is 2.32. The lowest BCUT2D eigenvalue weighted by Gasteiger charge is -2.12. The van der Waals surface area contributed by atoms with Gasteiger partial charge in [-0.05, 0) is 19.8 Å². The largest absolute Gasteiger partial charge is 0.356 e. The molecule has 114 valence electrons. The topological polar surface area (TPSA) is 85.9 Å². The molecule has 0 saturated heterocycles. The molecule has 0 radical (unpaired) electrons. The number of aryl methyl sites for hydroxylation is 3. The minimum atomic E-state index is -0.375. The van der Waals surface area contributed by atoms with Crippen LogP contribution in [0.1, 0.15) is 42.4 Å². The summed E-state index contributed by atoms with van der Waals surface area (Å²) >= 11 is 1.62. The van der Waals surface area contributed by atoms with Crippen molar-refractivity contribution in [3.63, 3.8) is 0 Å². The minimum Gasteiger partial charge on any atom is -0.356 e. The Bertz CT molecular complexity index is 649. The molecule has 0 aliphatic rings. The summed E-state index contributed by atoms with van der Waals surface area (Å²) in [5.74, 6) is 0.428. The number of nitro groups is 1. The van der Waals surface area contributed by atoms with Gasteiger partial charge in [0.1, 0.15) is 10.7 Å². The molecular formula is C13H19N5O2S. The van der Waals surface area contributed by atoms with E-state index in [1.165, 1.54) is 9.56 Å². The van der Waals surface area contributed by atoms with Crippen LogP contribution in [0.15, 0.2) is 6.20 Å². The third-order valence-corrected chi connectivity index (χ3v) is 4.58. The van der Waals surface area contributed by atoms with E-state index in [4.69, 9.17) is 0 Å². The van der Waals surface area contributed by atoms with Gasteiger partial charge in [0.2, 0.25) is 5.82 Å². The van der Waals surface area contributed by atoms with Crippen molar-refractivity contribution in [3.05, 3.63) is 31.9 Å². The summed E-state index contributed by atoms with van der Waals surface area (Å²) in [5.41, 5.74) is 0.546. The van der Waals surface area contributed by atoms with Crippen LogP contribution >= 0.6 is 11.3 Å². The fraction of sp³-hybridized carbons (Fsp3) is 0.538. The van der Waals surface area contributed by atoms with Crippen LogP contribution in [0.4, 0.5) is 11.5 Å². The normalized spacial score (nSPS) is 12.4. The van der Waals surface area contributed by atoms with Gasteiger partial charge in [-0.25, -0.2) is 9.67 Å². The summed E-state index contributed by atoms with van der Waals surface area (Å²) in [6, 6.07) is -0.103. The van der Waals surface area contributed by atoms with E-state index in [0.29, 0.717) is 17.9 Å². The van der Waals surface area contributed by atoms with Crippen molar-refractivity contribution >= 4 is 22.8 Å². The Kier molecular flexibility index (Phi) is 4.56. The molecule has 0 aliphatic carbocycles. The molecule has 0 fully saturated rings. The van der Waals surface area contributed by atoms with E-state index in [-0.39, 0.29) is 16.7 Å². The lowest BCUT2D eigenvalue weighted by molar-refractivity contribution is -0.384. The summed E-state index contributed by atoms with van der Waals surface area (Å²) in [4.78, 5) is 16.5. The Hall–Kier alpha value is -1.96. The van der Waals surface area contributed by atoms with Crippen LogP contribution in [0.2, 0.25) is 0 Å². The number of nitrogens with one attached hydrogen (secondary N) is 1. The SMILES string of the molecule is CCc1cnc(C(C)Nc2c([N+](=O)[O-])c(CC)nn2C)s1. The Labute approximate surface area is 127 Å². The smallest absolute Gasteiger partial charge is 0.333 e. The Morgan fingerprint density at radius 1 is 1.48 bits per heavy atom. The second-order valence-corrected chi connectivity index (χ2v) is 5.91. The van der Waals surface area contributed by atoms with Crippen LogP contribution in [0.5, 0.6) is 0 Å². The summed E-state index contributed by atoms with van der Waals surface area (Å²) in [5, 5.41) is 19.6. The third-order valence-electron chi connectivity index (χ3n) is 3.25. The average molecular weight is 309 g/mol. The summed E-state index contributed by atoms with van der Waals surface area (Å²) in [6.45, 7) is 5.88. The first-order valence-electron chi connectivity index (χ1n) is 6.89. The molecule has 1 N–H and O–H groups in total. The first kappa shape index (κ1) is 15.4. The van der Waals surface area contributed by atoms with Gasteiger partial charge in [0.05, 0.1) is 11.0 Å². The molecule has 2 aromatic rings. The van der Waals surface area contributed by atoms with Gasteiger partial charge in [-0.3, -0.25) is 10.1 Å². The maximum absolute atomic E-state index is 11.3. The van der Waals surface area contributed by atoms with Gasteiger partial charge in [0.25, 0.3) is 0 Å². The molecule has 1 atom stereocenters. The van der Waals surface area contributed by atoms with E-state index in [9.17, 15) is 10.1 Å². The van der Waals surface area contributed by atoms with Crippen LogP contribution in [-0.2, 0) is 19.9 Å². The van der Waals surface area contributed by atoms with E-state index < -0.39 is 0 Å². The van der Waals surface area contributed by atoms with Gasteiger partial charge >= 0.3 is 5.69 Å². The van der Waals surface area contributed by atoms with Gasteiger partial charge < -0.3 is 5.32 Å². The summed E-state index contributed by atoms with van der Waals surface area (Å²) in [6.07, 6.45) is 3.32. The molecule has 0 aliphatic heterocycles. The van der Waals surface area contributed by atoms with E-state index in [0.717, 1.165) is 11.4 Å². The number of hydrogen-bond donors (Lipinski definition) is 1. The molecule has 8 heteroatoms. The fourth-order valence-electron chi connectivity index (χ4n) is 2.11. The lowest BCUT2D eigenvalue weighted by Crippen LogP contribution is -2.11. The summed E-state index contributed by atoms with van der Waals surface area (Å²) < 4.78 is 1.53. The second-order valence-electron chi connectivity index (χ2n) is 4.76. The molecule has 21 heavy (non-hydrogen) atoms. The molecule has 0 aromatic carbocycles. The Morgan fingerprint density at radius 3 is 2.71 bits per heavy atom. The van der Waals surface area contributed by atoms with Crippen molar-refractivity contribution in [1.82, 2.24) is 14.8 Å². The van der Waals surface area contributed by atoms with E-state index in [2.05, 4.69) is 22.3 Å². The molecule has 0 saturated carbocycles. The van der Waals surface area contributed by atoms with Crippen molar-refractivity contribution in [1.29, 1.82) is 0 Å². The second kappa shape index (κ2) is 6.21. The monoisotopic (exact) mass is 309 g/mol. The van der Waals surface area contributed by atoms with Crippen LogP contribution < -0.4 is 5.32 Å². The van der Waals surface area contributed by atoms with Crippen LogP contribution in [0, 0.1) is 10.1 Å². The zero-order valence-corrected chi connectivity index (χ0v) is 13.4. The fourth-order valence-corrected chi connectivity index (χ4v) is 2.97. The number of rotatable bonds is 6. The van der Waals surface area contributed by atoms with E-state index in [1.807, 2.05) is 20.0 Å². The predicted molar refractivity (Wildman–Crippen MR) is 82.8 cm³/mol.